The predicted octanol–water partition coefficient (Wildman–Crippen LogP) is 4.60. The van der Waals surface area contributed by atoms with Crippen LogP contribution in [0.25, 0.3) is 0 Å². The molecule has 0 N–H and O–H groups in total. The molecule has 0 bridgehead atoms. The number of hydrogen-bond acceptors (Lipinski definition) is 7. The van der Waals surface area contributed by atoms with E-state index in [0.717, 1.165) is 22.6 Å². The molecule has 0 spiro atoms. The summed E-state index contributed by atoms with van der Waals surface area (Å²) in [6.07, 6.45) is 0. The first kappa shape index (κ1) is 22.9. The smallest absolute Gasteiger partial charge is 0.164 e. The minimum absolute atomic E-state index is 0.383. The van der Waals surface area contributed by atoms with Crippen LogP contribution >= 0.6 is 0 Å². The van der Waals surface area contributed by atoms with E-state index in [2.05, 4.69) is 53.7 Å². The minimum Gasteiger partial charge on any atom is -0.457 e. The Morgan fingerprint density at radius 1 is 0.514 bits per heavy atom. The molecule has 0 aromatic heterocycles. The van der Waals surface area contributed by atoms with E-state index in [1.807, 2.05) is 36.4 Å². The number of ether oxygens (including phenoxy) is 7. The number of para-hydroxylation sites is 2. The molecule has 0 amide bonds. The molecule has 6 heterocycles. The fourth-order valence-electron chi connectivity index (χ4n) is 7.88. The van der Waals surface area contributed by atoms with Crippen molar-refractivity contribution in [3.05, 3.63) is 59.7 Å². The molecule has 37 heavy (non-hydrogen) atoms. The van der Waals surface area contributed by atoms with Crippen LogP contribution in [0.1, 0.15) is 52.7 Å². The van der Waals surface area contributed by atoms with Crippen molar-refractivity contribution in [2.45, 2.75) is 86.4 Å². The third kappa shape index (κ3) is 2.50. The molecular formula is C30H34O7. The molecule has 2 aromatic rings. The highest BCUT2D eigenvalue weighted by molar-refractivity contribution is 5.54. The number of epoxide rings is 6. The summed E-state index contributed by atoms with van der Waals surface area (Å²) >= 11 is 0. The van der Waals surface area contributed by atoms with Gasteiger partial charge in [-0.3, -0.25) is 0 Å². The molecule has 6 fully saturated rings. The van der Waals surface area contributed by atoms with Crippen LogP contribution in [-0.2, 0) is 39.6 Å². The van der Waals surface area contributed by atoms with Crippen LogP contribution < -0.4 is 4.74 Å². The van der Waals surface area contributed by atoms with Gasteiger partial charge in [-0.2, -0.15) is 0 Å². The molecule has 6 aliphatic rings. The van der Waals surface area contributed by atoms with Gasteiger partial charge in [0.2, 0.25) is 0 Å². The number of hydrogen-bond donors (Lipinski definition) is 0. The molecule has 8 rings (SSSR count). The molecule has 7 nitrogen and oxygen atoms in total. The van der Waals surface area contributed by atoms with E-state index in [9.17, 15) is 0 Å². The van der Waals surface area contributed by atoms with E-state index in [1.54, 1.807) is 0 Å². The average Bonchev–Trinajstić information content (AvgIpc) is 3.63. The lowest BCUT2D eigenvalue weighted by Crippen LogP contribution is -2.48. The van der Waals surface area contributed by atoms with Gasteiger partial charge in [-0.15, -0.1) is 0 Å². The molecule has 2 aromatic carbocycles. The van der Waals surface area contributed by atoms with Gasteiger partial charge >= 0.3 is 0 Å². The van der Waals surface area contributed by atoms with Gasteiger partial charge in [0, 0.05) is 11.1 Å². The summed E-state index contributed by atoms with van der Waals surface area (Å²) in [5.74, 6) is 1.51. The topological polar surface area (TPSA) is 84.4 Å². The second kappa shape index (κ2) is 6.24. The fourth-order valence-corrected chi connectivity index (χ4v) is 7.88. The van der Waals surface area contributed by atoms with Gasteiger partial charge in [0.15, 0.2) is 11.2 Å². The molecular weight excluding hydrogens is 472 g/mol. The van der Waals surface area contributed by atoms with Gasteiger partial charge in [-0.25, -0.2) is 0 Å². The van der Waals surface area contributed by atoms with Gasteiger partial charge in [-0.05, 0) is 53.7 Å². The lowest BCUT2D eigenvalue weighted by Gasteiger charge is -2.27. The third-order valence-electron chi connectivity index (χ3n) is 10.3. The fraction of sp³-hybridized carbons (Fsp3) is 0.600. The van der Waals surface area contributed by atoms with Crippen LogP contribution in [-0.4, -0.2) is 60.0 Å². The summed E-state index contributed by atoms with van der Waals surface area (Å²) in [6, 6.07) is 16.3. The Hall–Kier alpha value is -2.00. The van der Waals surface area contributed by atoms with Gasteiger partial charge in [0.05, 0.1) is 26.4 Å². The largest absolute Gasteiger partial charge is 0.457 e. The summed E-state index contributed by atoms with van der Waals surface area (Å²) < 4.78 is 43.9. The summed E-state index contributed by atoms with van der Waals surface area (Å²) in [5.41, 5.74) is -1.90. The normalized spacial score (nSPS) is 52.4. The standard InChI is InChI=1S/C30H34O7/c1-23(15-31-23)29(24(2)16-32-24)27(5,36-29)19-11-7-9-13-21(19)35-22-14-10-8-12-20(22)28(6)30(37-28,25(3)17-33-25)26(4)18-34-26/h7-14H,15-18H2,1-6H3. The zero-order valence-electron chi connectivity index (χ0n) is 22.3. The van der Waals surface area contributed by atoms with Crippen molar-refractivity contribution in [1.82, 2.24) is 0 Å². The SMILES string of the molecule is CC1(C2(C3(C)CO3)OC2(C)c2ccccc2Oc2ccccc2C2(C)OC2(C2(C)CO2)C2(C)CO2)CO1. The highest BCUT2D eigenvalue weighted by Gasteiger charge is 2.91. The Morgan fingerprint density at radius 2 is 0.811 bits per heavy atom. The Morgan fingerprint density at radius 3 is 1.11 bits per heavy atom. The van der Waals surface area contributed by atoms with E-state index in [1.165, 1.54) is 0 Å². The highest BCUT2D eigenvalue weighted by atomic mass is 16.7. The quantitative estimate of drug-likeness (QED) is 0.484. The third-order valence-corrected chi connectivity index (χ3v) is 10.3. The van der Waals surface area contributed by atoms with E-state index in [0.29, 0.717) is 26.4 Å². The summed E-state index contributed by atoms with van der Waals surface area (Å²) in [4.78, 5) is 0. The van der Waals surface area contributed by atoms with Crippen molar-refractivity contribution >= 4 is 0 Å². The molecule has 6 aliphatic heterocycles. The van der Waals surface area contributed by atoms with Crippen molar-refractivity contribution in [2.24, 2.45) is 0 Å². The van der Waals surface area contributed by atoms with Crippen molar-refractivity contribution in [3.63, 3.8) is 0 Å². The monoisotopic (exact) mass is 506 g/mol. The first-order valence-corrected chi connectivity index (χ1v) is 13.3. The van der Waals surface area contributed by atoms with Crippen molar-refractivity contribution in [1.29, 1.82) is 0 Å². The van der Waals surface area contributed by atoms with Crippen molar-refractivity contribution in [2.75, 3.05) is 26.4 Å². The predicted molar refractivity (Wildman–Crippen MR) is 133 cm³/mol. The van der Waals surface area contributed by atoms with Crippen LogP contribution in [0.5, 0.6) is 11.5 Å². The number of benzene rings is 2. The highest BCUT2D eigenvalue weighted by Crippen LogP contribution is 2.75. The van der Waals surface area contributed by atoms with Gasteiger partial charge in [-0.1, -0.05) is 36.4 Å². The van der Waals surface area contributed by atoms with Gasteiger partial charge in [0.25, 0.3) is 0 Å². The Bertz CT molecular complexity index is 1200. The molecule has 196 valence electrons. The van der Waals surface area contributed by atoms with Gasteiger partial charge in [0.1, 0.15) is 45.1 Å². The van der Waals surface area contributed by atoms with Crippen molar-refractivity contribution in [3.8, 4) is 11.5 Å². The lowest BCUT2D eigenvalue weighted by atomic mass is 9.72. The van der Waals surface area contributed by atoms with E-state index >= 15 is 0 Å². The summed E-state index contributed by atoms with van der Waals surface area (Å²) in [7, 11) is 0. The Balaban J connectivity index is 1.18. The second-order valence-electron chi connectivity index (χ2n) is 12.8. The minimum atomic E-state index is -0.608. The molecule has 0 radical (unpaired) electrons. The van der Waals surface area contributed by atoms with Crippen LogP contribution in [0.15, 0.2) is 48.5 Å². The van der Waals surface area contributed by atoms with Gasteiger partial charge < -0.3 is 33.2 Å². The second-order valence-corrected chi connectivity index (χ2v) is 12.8. The molecule has 6 atom stereocenters. The first-order valence-electron chi connectivity index (χ1n) is 13.3. The lowest BCUT2D eigenvalue weighted by molar-refractivity contribution is 0.0906. The van der Waals surface area contributed by atoms with E-state index < -0.39 is 22.4 Å². The Kier molecular flexibility index (Phi) is 3.87. The maximum absolute atomic E-state index is 6.77. The van der Waals surface area contributed by atoms with Crippen molar-refractivity contribution < 1.29 is 33.2 Å². The number of rotatable bonds is 8. The van der Waals surface area contributed by atoms with Crippen LogP contribution in [0.2, 0.25) is 0 Å². The van der Waals surface area contributed by atoms with Crippen LogP contribution in [0.3, 0.4) is 0 Å². The molecule has 7 heteroatoms. The molecule has 6 unspecified atom stereocenters. The zero-order valence-corrected chi connectivity index (χ0v) is 22.3. The van der Waals surface area contributed by atoms with Crippen LogP contribution in [0.4, 0.5) is 0 Å². The molecule has 0 aliphatic carbocycles. The van der Waals surface area contributed by atoms with Crippen LogP contribution in [0, 0.1) is 0 Å². The Labute approximate surface area is 217 Å². The molecule has 0 saturated carbocycles. The maximum Gasteiger partial charge on any atom is 0.164 e. The van der Waals surface area contributed by atoms with E-state index in [-0.39, 0.29) is 22.4 Å². The molecule has 6 saturated heterocycles. The maximum atomic E-state index is 6.77. The summed E-state index contributed by atoms with van der Waals surface area (Å²) in [5, 5.41) is 0. The zero-order chi connectivity index (χ0) is 25.7. The average molecular weight is 507 g/mol. The first-order chi connectivity index (χ1) is 17.4. The summed E-state index contributed by atoms with van der Waals surface area (Å²) in [6.45, 7) is 15.4. The van der Waals surface area contributed by atoms with E-state index in [4.69, 9.17) is 33.2 Å².